The Morgan fingerprint density at radius 1 is 1.04 bits per heavy atom. The van der Waals surface area contributed by atoms with E-state index in [1.807, 2.05) is 49.4 Å². The van der Waals surface area contributed by atoms with Crippen LogP contribution in [0.3, 0.4) is 0 Å². The lowest BCUT2D eigenvalue weighted by molar-refractivity contribution is 0.0750. The molecule has 2 unspecified atom stereocenters. The van der Waals surface area contributed by atoms with E-state index >= 15 is 0 Å². The molecular weight excluding hydrogens is 340 g/mol. The van der Waals surface area contributed by atoms with Gasteiger partial charge < -0.3 is 20.1 Å². The smallest absolute Gasteiger partial charge is 0.119 e. The molecule has 2 aromatic carbocycles. The molecule has 0 radical (unpaired) electrons. The number of benzene rings is 2. The molecule has 0 bridgehead atoms. The van der Waals surface area contributed by atoms with Crippen LogP contribution in [0.1, 0.15) is 36.0 Å². The molecule has 4 nitrogen and oxygen atoms in total. The minimum atomic E-state index is -0.848. The van der Waals surface area contributed by atoms with Crippen LogP contribution in [0.25, 0.3) is 0 Å². The number of aliphatic hydroxyl groups is 3. The second-order valence-corrected chi connectivity index (χ2v) is 6.46. The highest BCUT2D eigenvalue weighted by Crippen LogP contribution is 2.28. The first-order valence-corrected chi connectivity index (χ1v) is 8.85. The predicted molar refractivity (Wildman–Crippen MR) is 99.4 cm³/mol. The molecule has 0 amide bonds. The van der Waals surface area contributed by atoms with E-state index in [0.29, 0.717) is 24.5 Å². The van der Waals surface area contributed by atoms with Gasteiger partial charge >= 0.3 is 0 Å². The fourth-order valence-electron chi connectivity index (χ4n) is 2.77. The summed E-state index contributed by atoms with van der Waals surface area (Å²) in [5.74, 6) is 0.597. The van der Waals surface area contributed by atoms with Crippen LogP contribution in [0.2, 0.25) is 5.02 Å². The van der Waals surface area contributed by atoms with Crippen LogP contribution in [0.15, 0.2) is 42.5 Å². The minimum absolute atomic E-state index is 0.106. The highest BCUT2D eigenvalue weighted by molar-refractivity contribution is 6.31. The normalized spacial score (nSPS) is 13.5. The summed E-state index contributed by atoms with van der Waals surface area (Å²) in [5, 5.41) is 28.7. The van der Waals surface area contributed by atoms with Crippen molar-refractivity contribution in [2.24, 2.45) is 0 Å². The first-order chi connectivity index (χ1) is 12.1. The van der Waals surface area contributed by atoms with Gasteiger partial charge in [0.2, 0.25) is 0 Å². The van der Waals surface area contributed by atoms with Gasteiger partial charge in [-0.05, 0) is 54.7 Å². The minimum Gasteiger partial charge on any atom is -0.494 e. The van der Waals surface area contributed by atoms with Crippen LogP contribution in [0.5, 0.6) is 5.75 Å². The summed E-state index contributed by atoms with van der Waals surface area (Å²) < 4.78 is 5.44. The Hall–Kier alpha value is -1.59. The third-order valence-corrected chi connectivity index (χ3v) is 4.52. The van der Waals surface area contributed by atoms with Gasteiger partial charge in [0.15, 0.2) is 0 Å². The Balaban J connectivity index is 2.10. The van der Waals surface area contributed by atoms with Gasteiger partial charge in [0, 0.05) is 10.9 Å². The summed E-state index contributed by atoms with van der Waals surface area (Å²) in [6.45, 7) is 2.17. The van der Waals surface area contributed by atoms with Gasteiger partial charge in [-0.2, -0.15) is 0 Å². The summed E-state index contributed by atoms with van der Waals surface area (Å²) in [7, 11) is 0. The largest absolute Gasteiger partial charge is 0.494 e. The molecule has 0 saturated heterocycles. The fourth-order valence-corrected chi connectivity index (χ4v) is 3.03. The monoisotopic (exact) mass is 364 g/mol. The number of hydrogen-bond donors (Lipinski definition) is 3. The molecule has 0 aliphatic heterocycles. The molecule has 2 rings (SSSR count). The second-order valence-electron chi connectivity index (χ2n) is 6.06. The molecule has 3 N–H and O–H groups in total. The first kappa shape index (κ1) is 19.7. The van der Waals surface area contributed by atoms with Crippen molar-refractivity contribution in [3.8, 4) is 5.75 Å². The van der Waals surface area contributed by atoms with Crippen LogP contribution >= 0.6 is 11.6 Å². The van der Waals surface area contributed by atoms with Crippen molar-refractivity contribution in [3.63, 3.8) is 0 Å². The van der Waals surface area contributed by atoms with Crippen molar-refractivity contribution in [3.05, 3.63) is 64.2 Å². The van der Waals surface area contributed by atoms with E-state index < -0.39 is 6.10 Å². The predicted octanol–water partition coefficient (Wildman–Crippen LogP) is 3.15. The molecule has 0 saturated carbocycles. The number of halogens is 1. The van der Waals surface area contributed by atoms with E-state index in [4.69, 9.17) is 21.4 Å². The molecule has 0 heterocycles. The first-order valence-electron chi connectivity index (χ1n) is 8.47. The number of hydrogen-bond acceptors (Lipinski definition) is 4. The molecule has 25 heavy (non-hydrogen) atoms. The number of ether oxygens (including phenoxy) is 1. The highest BCUT2D eigenvalue weighted by atomic mass is 35.5. The van der Waals surface area contributed by atoms with Crippen LogP contribution in [-0.2, 0) is 6.42 Å². The Morgan fingerprint density at radius 2 is 1.76 bits per heavy atom. The van der Waals surface area contributed by atoms with Crippen molar-refractivity contribution in [1.29, 1.82) is 0 Å². The Kier molecular flexibility index (Phi) is 7.72. The van der Waals surface area contributed by atoms with E-state index in [2.05, 4.69) is 0 Å². The molecule has 0 aliphatic rings. The second kappa shape index (κ2) is 9.78. The lowest BCUT2D eigenvalue weighted by atomic mass is 9.92. The third-order valence-electron chi connectivity index (χ3n) is 4.17. The van der Waals surface area contributed by atoms with Crippen LogP contribution in [0, 0.1) is 0 Å². The Morgan fingerprint density at radius 3 is 2.32 bits per heavy atom. The number of rotatable bonds is 9. The van der Waals surface area contributed by atoms with E-state index in [-0.39, 0.29) is 19.1 Å². The zero-order chi connectivity index (χ0) is 18.2. The van der Waals surface area contributed by atoms with Crippen molar-refractivity contribution in [2.75, 3.05) is 19.8 Å². The van der Waals surface area contributed by atoms with Gasteiger partial charge in [0.25, 0.3) is 0 Å². The van der Waals surface area contributed by atoms with E-state index in [0.717, 1.165) is 22.4 Å². The molecule has 0 spiro atoms. The van der Waals surface area contributed by atoms with Gasteiger partial charge in [-0.1, -0.05) is 35.9 Å². The van der Waals surface area contributed by atoms with Gasteiger partial charge in [-0.25, -0.2) is 0 Å². The quantitative estimate of drug-likeness (QED) is 0.639. The fraction of sp³-hybridized carbons (Fsp3) is 0.400. The molecule has 5 heteroatoms. The van der Waals surface area contributed by atoms with Gasteiger partial charge in [0.1, 0.15) is 5.75 Å². The zero-order valence-corrected chi connectivity index (χ0v) is 15.1. The lowest BCUT2D eigenvalue weighted by Gasteiger charge is -2.18. The van der Waals surface area contributed by atoms with Crippen LogP contribution in [0.4, 0.5) is 0 Å². The average molecular weight is 365 g/mol. The van der Waals surface area contributed by atoms with Crippen LogP contribution in [-0.4, -0.2) is 41.2 Å². The topological polar surface area (TPSA) is 69.9 Å². The van der Waals surface area contributed by atoms with Crippen molar-refractivity contribution < 1.29 is 20.1 Å². The molecular formula is C20H25ClO4. The molecule has 0 fully saturated rings. The number of aliphatic hydroxyl groups excluding tert-OH is 3. The standard InChI is InChI=1S/C20H25ClO4/c1-2-25-19-7-3-14(4-8-19)9-16-6-5-15(11-20(16)21)17(12-22)10-18(24)13-23/h3-8,11,17-18,22-24H,2,9-10,12-13H2,1H3. The summed E-state index contributed by atoms with van der Waals surface area (Å²) in [4.78, 5) is 0. The van der Waals surface area contributed by atoms with Crippen molar-refractivity contribution >= 4 is 11.6 Å². The summed E-state index contributed by atoms with van der Waals surface area (Å²) in [6.07, 6.45) is 0.148. The third kappa shape index (κ3) is 5.72. The van der Waals surface area contributed by atoms with E-state index in [1.54, 1.807) is 0 Å². The molecule has 0 aromatic heterocycles. The molecule has 0 aliphatic carbocycles. The zero-order valence-electron chi connectivity index (χ0n) is 14.4. The van der Waals surface area contributed by atoms with Gasteiger partial charge in [-0.15, -0.1) is 0 Å². The maximum atomic E-state index is 9.60. The molecule has 136 valence electrons. The maximum absolute atomic E-state index is 9.60. The lowest BCUT2D eigenvalue weighted by Crippen LogP contribution is -2.18. The summed E-state index contributed by atoms with van der Waals surface area (Å²) in [5.41, 5.74) is 2.98. The summed E-state index contributed by atoms with van der Waals surface area (Å²) >= 11 is 6.41. The average Bonchev–Trinajstić information content (AvgIpc) is 2.63. The molecule has 2 aromatic rings. The van der Waals surface area contributed by atoms with Crippen molar-refractivity contribution in [1.82, 2.24) is 0 Å². The Bertz CT molecular complexity index is 657. The van der Waals surface area contributed by atoms with E-state index in [9.17, 15) is 10.2 Å². The van der Waals surface area contributed by atoms with Gasteiger partial charge in [0.05, 0.1) is 25.9 Å². The molecule has 2 atom stereocenters. The maximum Gasteiger partial charge on any atom is 0.119 e. The van der Waals surface area contributed by atoms with Crippen LogP contribution < -0.4 is 4.74 Å². The van der Waals surface area contributed by atoms with Crippen molar-refractivity contribution in [2.45, 2.75) is 31.8 Å². The summed E-state index contributed by atoms with van der Waals surface area (Å²) in [6, 6.07) is 13.6. The Labute approximate surface area is 153 Å². The van der Waals surface area contributed by atoms with Gasteiger partial charge in [-0.3, -0.25) is 0 Å². The highest BCUT2D eigenvalue weighted by Gasteiger charge is 2.16. The van der Waals surface area contributed by atoms with E-state index in [1.165, 1.54) is 0 Å². The SMILES string of the molecule is CCOc1ccc(Cc2ccc(C(CO)CC(O)CO)cc2Cl)cc1.